The summed E-state index contributed by atoms with van der Waals surface area (Å²) in [5.74, 6) is 1.28. The van der Waals surface area contributed by atoms with E-state index in [4.69, 9.17) is 4.74 Å². The first-order valence-corrected chi connectivity index (χ1v) is 7.71. The Balaban J connectivity index is 1.68. The number of rotatable bonds is 2. The van der Waals surface area contributed by atoms with E-state index in [2.05, 4.69) is 15.5 Å². The van der Waals surface area contributed by atoms with E-state index >= 15 is 0 Å². The van der Waals surface area contributed by atoms with Crippen LogP contribution in [0, 0.1) is 6.92 Å². The average Bonchev–Trinajstić information content (AvgIpc) is 3.03. The monoisotopic (exact) mass is 321 g/mol. The van der Waals surface area contributed by atoms with E-state index in [-0.39, 0.29) is 5.91 Å². The number of fused-ring (bicyclic) bond motifs is 3. The number of carbonyl (C=O) groups excluding carboxylic acids is 1. The third-order valence-electron chi connectivity index (χ3n) is 4.33. The molecule has 3 heterocycles. The summed E-state index contributed by atoms with van der Waals surface area (Å²) < 4.78 is 7.67. The highest BCUT2D eigenvalue weighted by Crippen LogP contribution is 2.36. The molecule has 0 aliphatic carbocycles. The smallest absolute Gasteiger partial charge is 0.357 e. The number of anilines is 1. The van der Waals surface area contributed by atoms with Gasteiger partial charge in [0.05, 0.1) is 12.6 Å². The molecule has 1 amide bonds. The standard InChI is InChI=1S/C18H16N4O2/c1-11-6-5-9-15(22(11)2)19-18(23)17-13-10-24-14-8-4-3-7-12(14)16(13)20-21-17/h3-9H,10H2,1-2H3,(H,20,21,23)/p+1. The van der Waals surface area contributed by atoms with Crippen molar-refractivity contribution in [3.63, 3.8) is 0 Å². The zero-order valence-corrected chi connectivity index (χ0v) is 13.5. The Labute approximate surface area is 139 Å². The molecule has 0 fully saturated rings. The lowest BCUT2D eigenvalue weighted by molar-refractivity contribution is -0.663. The van der Waals surface area contributed by atoms with Crippen LogP contribution in [0.1, 0.15) is 21.7 Å². The Hall–Kier alpha value is -3.15. The first-order valence-electron chi connectivity index (χ1n) is 7.71. The van der Waals surface area contributed by atoms with Gasteiger partial charge in [-0.1, -0.05) is 18.2 Å². The first-order chi connectivity index (χ1) is 11.6. The zero-order valence-electron chi connectivity index (χ0n) is 13.5. The summed E-state index contributed by atoms with van der Waals surface area (Å²) in [5.41, 5.74) is 3.94. The second kappa shape index (κ2) is 5.49. The second-order valence-corrected chi connectivity index (χ2v) is 5.78. The highest BCUT2D eigenvalue weighted by atomic mass is 16.5. The van der Waals surface area contributed by atoms with Crippen molar-refractivity contribution in [2.75, 3.05) is 5.32 Å². The van der Waals surface area contributed by atoms with Crippen molar-refractivity contribution in [2.45, 2.75) is 13.5 Å². The predicted molar refractivity (Wildman–Crippen MR) is 88.7 cm³/mol. The molecule has 0 saturated heterocycles. The van der Waals surface area contributed by atoms with Crippen LogP contribution < -0.4 is 14.6 Å². The lowest BCUT2D eigenvalue weighted by Gasteiger charge is -2.16. The van der Waals surface area contributed by atoms with E-state index in [0.717, 1.165) is 34.1 Å². The van der Waals surface area contributed by atoms with Crippen LogP contribution in [0.25, 0.3) is 11.3 Å². The molecule has 6 nitrogen and oxygen atoms in total. The van der Waals surface area contributed by atoms with Gasteiger partial charge in [0.25, 0.3) is 5.82 Å². The van der Waals surface area contributed by atoms with Crippen molar-refractivity contribution in [3.05, 3.63) is 59.4 Å². The van der Waals surface area contributed by atoms with E-state index < -0.39 is 0 Å². The van der Waals surface area contributed by atoms with Crippen LogP contribution in [0.3, 0.4) is 0 Å². The van der Waals surface area contributed by atoms with Crippen molar-refractivity contribution in [1.29, 1.82) is 0 Å². The Morgan fingerprint density at radius 3 is 2.96 bits per heavy atom. The number of nitrogens with zero attached hydrogens (tertiary/aromatic N) is 2. The number of aromatic amines is 1. The highest BCUT2D eigenvalue weighted by Gasteiger charge is 2.28. The summed E-state index contributed by atoms with van der Waals surface area (Å²) >= 11 is 0. The van der Waals surface area contributed by atoms with Gasteiger partial charge in [0.15, 0.2) is 5.69 Å². The van der Waals surface area contributed by atoms with Gasteiger partial charge in [-0.3, -0.25) is 5.10 Å². The number of aryl methyl sites for hydroxylation is 1. The van der Waals surface area contributed by atoms with Gasteiger partial charge in [0.1, 0.15) is 23.7 Å². The molecule has 0 unspecified atom stereocenters. The molecule has 1 aromatic carbocycles. The summed E-state index contributed by atoms with van der Waals surface area (Å²) in [6.07, 6.45) is 0. The van der Waals surface area contributed by atoms with Gasteiger partial charge in [-0.2, -0.15) is 5.10 Å². The van der Waals surface area contributed by atoms with Crippen LogP contribution in [0.2, 0.25) is 0 Å². The van der Waals surface area contributed by atoms with Crippen molar-refractivity contribution < 1.29 is 14.1 Å². The number of H-pyrrole nitrogens is 1. The molecule has 3 aromatic rings. The average molecular weight is 321 g/mol. The molecule has 120 valence electrons. The third-order valence-corrected chi connectivity index (χ3v) is 4.33. The van der Waals surface area contributed by atoms with E-state index in [9.17, 15) is 4.79 Å². The number of amides is 1. The van der Waals surface area contributed by atoms with Gasteiger partial charge in [-0.05, 0) is 25.1 Å². The summed E-state index contributed by atoms with van der Waals surface area (Å²) in [6.45, 7) is 2.31. The number of hydrogen-bond acceptors (Lipinski definition) is 3. The predicted octanol–water partition coefficient (Wildman–Crippen LogP) is 2.35. The Bertz CT molecular complexity index is 946. The molecule has 6 heteroatoms. The maximum atomic E-state index is 12.7. The highest BCUT2D eigenvalue weighted by molar-refractivity contribution is 6.04. The summed E-state index contributed by atoms with van der Waals surface area (Å²) in [5, 5.41) is 10.1. The first kappa shape index (κ1) is 14.4. The van der Waals surface area contributed by atoms with Gasteiger partial charge in [-0.25, -0.2) is 14.7 Å². The van der Waals surface area contributed by atoms with Crippen molar-refractivity contribution in [3.8, 4) is 17.0 Å². The second-order valence-electron chi connectivity index (χ2n) is 5.78. The number of pyridine rings is 1. The number of nitrogens with one attached hydrogen (secondary N) is 2. The van der Waals surface area contributed by atoms with Crippen LogP contribution in [0.15, 0.2) is 42.5 Å². The van der Waals surface area contributed by atoms with E-state index in [1.54, 1.807) is 0 Å². The van der Waals surface area contributed by atoms with E-state index in [0.29, 0.717) is 12.3 Å². The number of para-hydroxylation sites is 1. The van der Waals surface area contributed by atoms with Crippen LogP contribution in [0.4, 0.5) is 5.82 Å². The van der Waals surface area contributed by atoms with Gasteiger partial charge < -0.3 is 4.74 Å². The van der Waals surface area contributed by atoms with Gasteiger partial charge in [0.2, 0.25) is 0 Å². The maximum Gasteiger partial charge on any atom is 0.357 e. The van der Waals surface area contributed by atoms with Crippen LogP contribution >= 0.6 is 0 Å². The number of carbonyl (C=O) groups is 1. The van der Waals surface area contributed by atoms with E-state index in [1.165, 1.54) is 0 Å². The number of hydrogen-bond donors (Lipinski definition) is 2. The minimum atomic E-state index is -0.229. The molecule has 0 radical (unpaired) electrons. The van der Waals surface area contributed by atoms with Crippen LogP contribution in [0.5, 0.6) is 5.75 Å². The topological polar surface area (TPSA) is 70.9 Å². The van der Waals surface area contributed by atoms with Gasteiger partial charge >= 0.3 is 5.91 Å². The molecule has 0 bridgehead atoms. The van der Waals surface area contributed by atoms with Crippen molar-refractivity contribution >= 4 is 11.7 Å². The molecule has 0 spiro atoms. The molecule has 1 aliphatic heterocycles. The molecule has 0 saturated carbocycles. The molecule has 4 rings (SSSR count). The number of benzene rings is 1. The molecular formula is C18H17N4O2+. The summed E-state index contributed by atoms with van der Waals surface area (Å²) in [7, 11) is 1.91. The lowest BCUT2D eigenvalue weighted by Crippen LogP contribution is -2.37. The van der Waals surface area contributed by atoms with Gasteiger partial charge in [0, 0.05) is 11.6 Å². The van der Waals surface area contributed by atoms with Crippen LogP contribution in [-0.2, 0) is 13.7 Å². The van der Waals surface area contributed by atoms with Crippen molar-refractivity contribution in [2.24, 2.45) is 7.05 Å². The molecule has 1 aliphatic rings. The molecular weight excluding hydrogens is 304 g/mol. The Morgan fingerprint density at radius 2 is 2.08 bits per heavy atom. The number of aromatic nitrogens is 3. The largest absolute Gasteiger partial charge is 0.488 e. The molecule has 2 aromatic heterocycles. The molecule has 24 heavy (non-hydrogen) atoms. The number of ether oxygens (including phenoxy) is 1. The summed E-state index contributed by atoms with van der Waals surface area (Å²) in [4.78, 5) is 12.7. The maximum absolute atomic E-state index is 12.7. The zero-order chi connectivity index (χ0) is 16.7. The Morgan fingerprint density at radius 1 is 1.25 bits per heavy atom. The Kier molecular flexibility index (Phi) is 3.30. The van der Waals surface area contributed by atoms with Gasteiger partial charge in [-0.15, -0.1) is 0 Å². The molecule has 0 atom stereocenters. The van der Waals surface area contributed by atoms with Crippen LogP contribution in [-0.4, -0.2) is 16.1 Å². The normalized spacial score (nSPS) is 12.1. The fourth-order valence-corrected chi connectivity index (χ4v) is 2.85. The lowest BCUT2D eigenvalue weighted by atomic mass is 10.0. The van der Waals surface area contributed by atoms with Crippen molar-refractivity contribution in [1.82, 2.24) is 10.2 Å². The quantitative estimate of drug-likeness (QED) is 0.712. The fraction of sp³-hybridized carbons (Fsp3) is 0.167. The fourth-order valence-electron chi connectivity index (χ4n) is 2.85. The minimum absolute atomic E-state index is 0.229. The summed E-state index contributed by atoms with van der Waals surface area (Å²) in [6, 6.07) is 13.4. The third kappa shape index (κ3) is 2.23. The SMILES string of the molecule is Cc1cccc(NC(=O)c2[nH]nc3c2COc2ccccc2-3)[n+]1C. The minimum Gasteiger partial charge on any atom is -0.488 e. The van der Waals surface area contributed by atoms with E-state index in [1.807, 2.05) is 61.0 Å². The molecule has 2 N–H and O–H groups in total.